The van der Waals surface area contributed by atoms with Gasteiger partial charge in [0.1, 0.15) is 11.1 Å². The Balaban J connectivity index is 1.72. The van der Waals surface area contributed by atoms with Crippen LogP contribution in [0.15, 0.2) is 21.9 Å². The maximum Gasteiger partial charge on any atom is 0.218 e. The molecule has 25 heavy (non-hydrogen) atoms. The van der Waals surface area contributed by atoms with Gasteiger partial charge < -0.3 is 21.1 Å². The van der Waals surface area contributed by atoms with Crippen LogP contribution in [0.5, 0.6) is 0 Å². The molecule has 3 aliphatic rings. The van der Waals surface area contributed by atoms with E-state index >= 15 is 0 Å². The Morgan fingerprint density at radius 2 is 1.92 bits per heavy atom. The van der Waals surface area contributed by atoms with Gasteiger partial charge in [0.05, 0.1) is 5.57 Å². The van der Waals surface area contributed by atoms with E-state index in [9.17, 15) is 4.79 Å². The molecule has 0 radical (unpaired) electrons. The summed E-state index contributed by atoms with van der Waals surface area (Å²) in [4.78, 5) is 14.8. The van der Waals surface area contributed by atoms with Crippen molar-refractivity contribution in [2.24, 2.45) is 17.4 Å². The SMILES string of the molecule is CN(C)[C@H]1CC[C@H](O/C(N)=C2/C(=N)SC3=C2C(CC(N)=O)CC3)CC1. The summed E-state index contributed by atoms with van der Waals surface area (Å²) in [6.07, 6.45) is 6.39. The normalized spacial score (nSPS) is 31.5. The van der Waals surface area contributed by atoms with E-state index in [2.05, 4.69) is 19.0 Å². The summed E-state index contributed by atoms with van der Waals surface area (Å²) < 4.78 is 6.07. The standard InChI is InChI=1S/C18H28N4O2S/c1-22(2)11-4-6-12(7-5-11)24-17(20)16-15-10(9-14(19)23)3-8-13(15)25-18(16)21/h10-12,21H,3-9,20H2,1-2H3,(H2,19,23)/b17-16+,21-18?/t10?,11-,12-. The van der Waals surface area contributed by atoms with Crippen molar-refractivity contribution in [3.63, 3.8) is 0 Å². The molecule has 1 atom stereocenters. The van der Waals surface area contributed by atoms with Crippen molar-refractivity contribution in [1.82, 2.24) is 4.90 Å². The molecule has 6 nitrogen and oxygen atoms in total. The van der Waals surface area contributed by atoms with Crippen LogP contribution in [0.2, 0.25) is 0 Å². The van der Waals surface area contributed by atoms with Crippen molar-refractivity contribution in [2.45, 2.75) is 57.1 Å². The molecule has 1 aliphatic heterocycles. The lowest BCUT2D eigenvalue weighted by molar-refractivity contribution is -0.118. The van der Waals surface area contributed by atoms with Crippen LogP contribution in [0.4, 0.5) is 0 Å². The maximum absolute atomic E-state index is 11.4. The van der Waals surface area contributed by atoms with Gasteiger partial charge in [-0.15, -0.1) is 0 Å². The number of thioether (sulfide) groups is 1. The average Bonchev–Trinajstić information content (AvgIpc) is 3.06. The van der Waals surface area contributed by atoms with Crippen LogP contribution in [-0.2, 0) is 9.53 Å². The van der Waals surface area contributed by atoms with Gasteiger partial charge in [-0.05, 0) is 69.0 Å². The number of nitrogens with one attached hydrogen (secondary N) is 1. The Kier molecular flexibility index (Phi) is 5.43. The number of carbonyl (C=O) groups excluding carboxylic acids is 1. The Morgan fingerprint density at radius 3 is 2.52 bits per heavy atom. The van der Waals surface area contributed by atoms with Crippen molar-refractivity contribution in [3.8, 4) is 0 Å². The summed E-state index contributed by atoms with van der Waals surface area (Å²) in [5, 5.41) is 8.74. The molecule has 0 spiro atoms. The maximum atomic E-state index is 11.4. The fraction of sp³-hybridized carbons (Fsp3) is 0.667. The molecule has 5 N–H and O–H groups in total. The molecule has 1 saturated carbocycles. The van der Waals surface area contributed by atoms with Gasteiger partial charge in [-0.2, -0.15) is 0 Å². The van der Waals surface area contributed by atoms with Crippen LogP contribution >= 0.6 is 11.8 Å². The van der Waals surface area contributed by atoms with Gasteiger partial charge >= 0.3 is 0 Å². The zero-order valence-electron chi connectivity index (χ0n) is 15.0. The lowest BCUT2D eigenvalue weighted by Gasteiger charge is -2.33. The lowest BCUT2D eigenvalue weighted by Crippen LogP contribution is -2.35. The quantitative estimate of drug-likeness (QED) is 0.649. The number of nitrogens with two attached hydrogens (primary N) is 2. The number of nitrogens with zero attached hydrogens (tertiary/aromatic N) is 1. The second-order valence-corrected chi connectivity index (χ2v) is 8.53. The minimum atomic E-state index is -0.303. The molecule has 1 fully saturated rings. The van der Waals surface area contributed by atoms with Gasteiger partial charge in [0.15, 0.2) is 5.88 Å². The first-order valence-corrected chi connectivity index (χ1v) is 9.79. The molecule has 1 heterocycles. The second kappa shape index (κ2) is 7.41. The van der Waals surface area contributed by atoms with Crippen LogP contribution in [0.3, 0.4) is 0 Å². The fourth-order valence-electron chi connectivity index (χ4n) is 4.17. The zero-order valence-corrected chi connectivity index (χ0v) is 15.8. The van der Waals surface area contributed by atoms with Gasteiger partial charge in [0, 0.05) is 12.5 Å². The van der Waals surface area contributed by atoms with Crippen molar-refractivity contribution >= 4 is 22.7 Å². The molecule has 0 bridgehead atoms. The van der Waals surface area contributed by atoms with Crippen molar-refractivity contribution in [3.05, 3.63) is 21.9 Å². The zero-order chi connectivity index (χ0) is 18.1. The highest BCUT2D eigenvalue weighted by atomic mass is 32.2. The summed E-state index contributed by atoms with van der Waals surface area (Å²) in [5.74, 6) is 0.125. The van der Waals surface area contributed by atoms with Crippen LogP contribution in [0.25, 0.3) is 0 Å². The average molecular weight is 365 g/mol. The minimum absolute atomic E-state index is 0.0736. The number of allylic oxidation sites excluding steroid dienone is 2. The highest BCUT2D eigenvalue weighted by Crippen LogP contribution is 2.51. The van der Waals surface area contributed by atoms with E-state index in [0.717, 1.165) is 49.0 Å². The molecule has 7 heteroatoms. The third-order valence-electron chi connectivity index (χ3n) is 5.51. The first-order chi connectivity index (χ1) is 11.9. The Morgan fingerprint density at radius 1 is 1.24 bits per heavy atom. The first-order valence-electron chi connectivity index (χ1n) is 8.98. The topological polar surface area (TPSA) is 105 Å². The van der Waals surface area contributed by atoms with Gasteiger partial charge in [-0.1, -0.05) is 11.8 Å². The molecule has 3 rings (SSSR count). The smallest absolute Gasteiger partial charge is 0.218 e. The Hall–Kier alpha value is -1.47. The van der Waals surface area contributed by atoms with Crippen molar-refractivity contribution in [1.29, 1.82) is 5.41 Å². The third-order valence-corrected chi connectivity index (χ3v) is 6.59. The molecule has 0 aromatic heterocycles. The van der Waals surface area contributed by atoms with Crippen LogP contribution in [0.1, 0.15) is 44.9 Å². The number of amides is 1. The largest absolute Gasteiger partial charge is 0.476 e. The number of rotatable bonds is 5. The molecule has 0 aromatic rings. The van der Waals surface area contributed by atoms with E-state index < -0.39 is 0 Å². The van der Waals surface area contributed by atoms with E-state index in [4.69, 9.17) is 21.6 Å². The van der Waals surface area contributed by atoms with Crippen LogP contribution < -0.4 is 11.5 Å². The van der Waals surface area contributed by atoms with E-state index in [1.807, 2.05) is 0 Å². The number of hydrogen-bond acceptors (Lipinski definition) is 6. The van der Waals surface area contributed by atoms with Gasteiger partial charge in [-0.25, -0.2) is 0 Å². The predicted octanol–water partition coefficient (Wildman–Crippen LogP) is 2.31. The molecule has 2 aliphatic carbocycles. The number of hydrogen-bond donors (Lipinski definition) is 3. The molecular weight excluding hydrogens is 336 g/mol. The number of ether oxygens (including phenoxy) is 1. The molecule has 1 amide bonds. The van der Waals surface area contributed by atoms with Gasteiger partial charge in [0.2, 0.25) is 5.91 Å². The molecule has 1 unspecified atom stereocenters. The lowest BCUT2D eigenvalue weighted by atomic mass is 9.91. The Bertz CT molecular complexity index is 633. The second-order valence-electron chi connectivity index (χ2n) is 7.43. The third kappa shape index (κ3) is 3.87. The van der Waals surface area contributed by atoms with Crippen LogP contribution in [-0.4, -0.2) is 42.1 Å². The number of primary amides is 1. The fourth-order valence-corrected chi connectivity index (χ4v) is 5.33. The van der Waals surface area contributed by atoms with E-state index in [1.54, 1.807) is 0 Å². The number of carbonyl (C=O) groups is 1. The van der Waals surface area contributed by atoms with Gasteiger partial charge in [-0.3, -0.25) is 10.2 Å². The van der Waals surface area contributed by atoms with E-state index in [-0.39, 0.29) is 17.9 Å². The van der Waals surface area contributed by atoms with Gasteiger partial charge in [0.25, 0.3) is 0 Å². The van der Waals surface area contributed by atoms with E-state index in [1.165, 1.54) is 11.8 Å². The molecular formula is C18H28N4O2S. The summed E-state index contributed by atoms with van der Waals surface area (Å²) in [7, 11) is 4.23. The monoisotopic (exact) mass is 364 g/mol. The predicted molar refractivity (Wildman–Crippen MR) is 101 cm³/mol. The van der Waals surface area contributed by atoms with Crippen LogP contribution in [0, 0.1) is 11.3 Å². The highest BCUT2D eigenvalue weighted by molar-refractivity contribution is 8.18. The molecule has 0 aromatic carbocycles. The van der Waals surface area contributed by atoms with Crippen molar-refractivity contribution in [2.75, 3.05) is 14.1 Å². The summed E-state index contributed by atoms with van der Waals surface area (Å²) in [5.41, 5.74) is 13.4. The highest BCUT2D eigenvalue weighted by Gasteiger charge is 2.39. The summed E-state index contributed by atoms with van der Waals surface area (Å²) >= 11 is 1.46. The van der Waals surface area contributed by atoms with E-state index in [0.29, 0.717) is 29.0 Å². The minimum Gasteiger partial charge on any atom is -0.476 e. The molecule has 138 valence electrons. The first kappa shape index (κ1) is 18.3. The molecule has 0 saturated heterocycles. The van der Waals surface area contributed by atoms with Crippen molar-refractivity contribution < 1.29 is 9.53 Å². The Labute approximate surface area is 153 Å². The summed E-state index contributed by atoms with van der Waals surface area (Å²) in [6.45, 7) is 0. The summed E-state index contributed by atoms with van der Waals surface area (Å²) in [6, 6.07) is 0.609.